The maximum absolute atomic E-state index is 13.1. The van der Waals surface area contributed by atoms with Crippen molar-refractivity contribution in [2.45, 2.75) is 51.8 Å². The van der Waals surface area contributed by atoms with E-state index in [4.69, 9.17) is 16.3 Å². The van der Waals surface area contributed by atoms with Gasteiger partial charge in [-0.3, -0.25) is 4.79 Å². The first-order chi connectivity index (χ1) is 24.1. The van der Waals surface area contributed by atoms with Gasteiger partial charge in [0.05, 0.1) is 33.8 Å². The normalized spacial score (nSPS) is 16.5. The minimum absolute atomic E-state index is 0.0429. The molecule has 1 N–H and O–H groups in total. The van der Waals surface area contributed by atoms with Crippen LogP contribution in [0.4, 0.5) is 36.8 Å². The molecule has 9 nitrogen and oxygen atoms in total. The number of hydrogen-bond donors (Lipinski definition) is 1. The lowest BCUT2D eigenvalue weighted by atomic mass is 9.88. The van der Waals surface area contributed by atoms with Gasteiger partial charge in [0, 0.05) is 11.5 Å². The highest BCUT2D eigenvalue weighted by atomic mass is 35.5. The average Bonchev–Trinajstić information content (AvgIpc) is 3.54. The fourth-order valence-electron chi connectivity index (χ4n) is 5.27. The summed E-state index contributed by atoms with van der Waals surface area (Å²) in [5, 5.41) is 7.64. The molecule has 17 heteroatoms. The lowest BCUT2D eigenvalue weighted by Gasteiger charge is -2.21. The quantitative estimate of drug-likeness (QED) is 0.170. The van der Waals surface area contributed by atoms with Crippen LogP contribution in [-0.2, 0) is 22.6 Å². The lowest BCUT2D eigenvalue weighted by Crippen LogP contribution is -2.23. The van der Waals surface area contributed by atoms with Crippen molar-refractivity contribution in [3.8, 4) is 22.8 Å². The minimum Gasteiger partial charge on any atom is -0.406 e. The van der Waals surface area contributed by atoms with Crippen LogP contribution in [0.3, 0.4) is 0 Å². The number of Topliss-reactive ketones (excluding diaryl/α,β-unsaturated/α-hetero) is 1. The van der Waals surface area contributed by atoms with Crippen LogP contribution in [0.5, 0.6) is 5.75 Å². The van der Waals surface area contributed by atoms with E-state index in [1.165, 1.54) is 41.0 Å². The molecule has 2 amide bonds. The van der Waals surface area contributed by atoms with E-state index in [1.54, 1.807) is 24.3 Å². The number of urea groups is 1. The number of ketones is 1. The second-order valence-corrected chi connectivity index (χ2v) is 13.1. The molecule has 5 rings (SSSR count). The largest absolute Gasteiger partial charge is 0.573 e. The van der Waals surface area contributed by atoms with Crippen molar-refractivity contribution in [1.29, 1.82) is 0 Å². The zero-order valence-corrected chi connectivity index (χ0v) is 28.4. The van der Waals surface area contributed by atoms with Gasteiger partial charge in [-0.25, -0.2) is 14.5 Å². The monoisotopic (exact) mass is 753 g/mol. The molecule has 0 bridgehead atoms. The molecular formula is C34H30ClF6N5O4S. The Morgan fingerprint density at radius 3 is 2.53 bits per heavy atom. The summed E-state index contributed by atoms with van der Waals surface area (Å²) >= 11 is 7.61. The number of thioether (sulfide) groups is 1. The van der Waals surface area contributed by atoms with Crippen LogP contribution >= 0.6 is 23.4 Å². The minimum atomic E-state index is -4.81. The standard InChI is InChI=1S/C34H30ClF6N5O4S/c1-20-5-6-23(16-49-18-33(36,37)38)24(13-20)14-21-3-2-4-30(51-17-29(21)47)44-32(48)43-28-12-7-22(15-27(28)35)31-42-19-46(45-31)25-8-10-26(11-9-25)50-34(39,40)41/h5-13,15,19,21H,2-4,14,16-18H2,1H3,(H,43,48). The number of aromatic nitrogens is 3. The molecule has 1 fully saturated rings. The molecule has 0 spiro atoms. The summed E-state index contributed by atoms with van der Waals surface area (Å²) in [7, 11) is 0. The maximum atomic E-state index is 13.1. The van der Waals surface area contributed by atoms with Crippen molar-refractivity contribution in [2.75, 3.05) is 17.7 Å². The number of ether oxygens (including phenoxy) is 2. The molecule has 4 aromatic rings. The molecule has 1 aliphatic rings. The van der Waals surface area contributed by atoms with E-state index in [0.717, 1.165) is 23.3 Å². The van der Waals surface area contributed by atoms with Crippen LogP contribution in [0, 0.1) is 12.8 Å². The summed E-state index contributed by atoms with van der Waals surface area (Å²) in [6.07, 6.45) is -5.94. The fraction of sp³-hybridized carbons (Fsp3) is 0.324. The van der Waals surface area contributed by atoms with Crippen LogP contribution in [-0.4, -0.2) is 56.5 Å². The first-order valence-corrected chi connectivity index (χ1v) is 16.8. The third-order valence-corrected chi connectivity index (χ3v) is 9.02. The Morgan fingerprint density at radius 2 is 1.82 bits per heavy atom. The molecule has 51 heavy (non-hydrogen) atoms. The number of alkyl halides is 6. The van der Waals surface area contributed by atoms with Gasteiger partial charge in [-0.05, 0) is 86.2 Å². The van der Waals surface area contributed by atoms with Gasteiger partial charge >= 0.3 is 18.6 Å². The maximum Gasteiger partial charge on any atom is 0.573 e. The van der Waals surface area contributed by atoms with Crippen molar-refractivity contribution in [3.05, 3.63) is 88.7 Å². The molecule has 0 radical (unpaired) electrons. The molecular weight excluding hydrogens is 724 g/mol. The molecule has 0 saturated carbocycles. The van der Waals surface area contributed by atoms with Crippen LogP contribution in [0.15, 0.2) is 72.0 Å². The van der Waals surface area contributed by atoms with E-state index >= 15 is 0 Å². The molecule has 1 aromatic heterocycles. The van der Waals surface area contributed by atoms with Crippen molar-refractivity contribution in [1.82, 2.24) is 14.8 Å². The number of nitrogens with zero attached hydrogens (tertiary/aromatic N) is 4. The van der Waals surface area contributed by atoms with E-state index in [2.05, 4.69) is 25.1 Å². The van der Waals surface area contributed by atoms with Gasteiger partial charge in [0.1, 0.15) is 24.5 Å². The summed E-state index contributed by atoms with van der Waals surface area (Å²) in [5.41, 5.74) is 3.52. The van der Waals surface area contributed by atoms with E-state index in [0.29, 0.717) is 47.5 Å². The predicted octanol–water partition coefficient (Wildman–Crippen LogP) is 9.15. The number of amides is 2. The number of carbonyl (C=O) groups is 2. The molecule has 1 atom stereocenters. The predicted molar refractivity (Wildman–Crippen MR) is 180 cm³/mol. The summed E-state index contributed by atoms with van der Waals surface area (Å²) in [5.74, 6) is -0.400. The summed E-state index contributed by atoms with van der Waals surface area (Å²) in [6.45, 7) is 0.303. The second-order valence-electron chi connectivity index (χ2n) is 11.6. The highest BCUT2D eigenvalue weighted by Gasteiger charge is 2.31. The number of anilines is 1. The lowest BCUT2D eigenvalue weighted by molar-refractivity contribution is -0.274. The zero-order chi connectivity index (χ0) is 36.8. The van der Waals surface area contributed by atoms with Crippen LogP contribution < -0.4 is 10.1 Å². The van der Waals surface area contributed by atoms with Crippen molar-refractivity contribution >= 4 is 45.9 Å². The summed E-state index contributed by atoms with van der Waals surface area (Å²) < 4.78 is 85.2. The van der Waals surface area contributed by atoms with Gasteiger partial charge in [0.15, 0.2) is 5.82 Å². The van der Waals surface area contributed by atoms with Crippen molar-refractivity contribution in [3.63, 3.8) is 0 Å². The fourth-order valence-corrected chi connectivity index (χ4v) is 6.48. The molecule has 1 saturated heterocycles. The van der Waals surface area contributed by atoms with Crippen LogP contribution in [0.25, 0.3) is 17.1 Å². The van der Waals surface area contributed by atoms with Crippen LogP contribution in [0.1, 0.15) is 36.0 Å². The first-order valence-electron chi connectivity index (χ1n) is 15.5. The Kier molecular flexibility index (Phi) is 12.1. The smallest absolute Gasteiger partial charge is 0.406 e. The van der Waals surface area contributed by atoms with Gasteiger partial charge in [-0.2, -0.15) is 18.2 Å². The van der Waals surface area contributed by atoms with Gasteiger partial charge in [-0.15, -0.1) is 30.0 Å². The second kappa shape index (κ2) is 16.3. The molecule has 0 aliphatic carbocycles. The Labute approximate surface area is 297 Å². The van der Waals surface area contributed by atoms with Crippen molar-refractivity contribution in [2.24, 2.45) is 10.9 Å². The van der Waals surface area contributed by atoms with E-state index in [1.807, 2.05) is 13.0 Å². The third kappa shape index (κ3) is 11.3. The zero-order valence-electron chi connectivity index (χ0n) is 26.9. The molecule has 1 aliphatic heterocycles. The molecule has 270 valence electrons. The summed E-state index contributed by atoms with van der Waals surface area (Å²) in [6, 6.07) is 14.5. The number of benzene rings is 3. The number of halogens is 7. The van der Waals surface area contributed by atoms with E-state index in [-0.39, 0.29) is 46.3 Å². The Morgan fingerprint density at radius 1 is 1.06 bits per heavy atom. The Hall–Kier alpha value is -4.41. The number of nitrogens with one attached hydrogen (secondary N) is 1. The van der Waals surface area contributed by atoms with Gasteiger partial charge in [0.2, 0.25) is 0 Å². The number of rotatable bonds is 9. The summed E-state index contributed by atoms with van der Waals surface area (Å²) in [4.78, 5) is 34.3. The topological polar surface area (TPSA) is 108 Å². The van der Waals surface area contributed by atoms with Crippen LogP contribution in [0.2, 0.25) is 5.02 Å². The van der Waals surface area contributed by atoms with Gasteiger partial charge < -0.3 is 14.8 Å². The average molecular weight is 754 g/mol. The third-order valence-electron chi connectivity index (χ3n) is 7.65. The van der Waals surface area contributed by atoms with Crippen molar-refractivity contribution < 1.29 is 45.4 Å². The Balaban J connectivity index is 1.16. The Bertz CT molecular complexity index is 1900. The number of hydrogen-bond acceptors (Lipinski definition) is 7. The highest BCUT2D eigenvalue weighted by Crippen LogP contribution is 2.30. The number of carbonyl (C=O) groups excluding carboxylic acids is 2. The molecule has 3 aromatic carbocycles. The highest BCUT2D eigenvalue weighted by molar-refractivity contribution is 8.14. The number of aliphatic imine (C=N–C) groups is 1. The molecule has 1 unspecified atom stereocenters. The van der Waals surface area contributed by atoms with Gasteiger partial charge in [0.25, 0.3) is 0 Å². The SMILES string of the molecule is Cc1ccc(COCC(F)(F)F)c(CC2CCCC(=NC(=O)Nc3ccc(-c4ncn(-c5ccc(OC(F)(F)F)cc5)n4)cc3Cl)SCC2=O)c1. The van der Waals surface area contributed by atoms with Gasteiger partial charge in [-0.1, -0.05) is 35.4 Å². The van der Waals surface area contributed by atoms with E-state index in [9.17, 15) is 35.9 Å². The molecule has 2 heterocycles. The first kappa shape index (κ1) is 37.8. The van der Waals surface area contributed by atoms with E-state index < -0.39 is 25.2 Å². The number of aryl methyl sites for hydroxylation is 1.